The van der Waals surface area contributed by atoms with Crippen molar-refractivity contribution in [1.29, 1.82) is 0 Å². The smallest absolute Gasteiger partial charge is 0.303 e. The maximum atomic E-state index is 13.0. The van der Waals surface area contributed by atoms with Crippen molar-refractivity contribution >= 4 is 45.6 Å². The van der Waals surface area contributed by atoms with Crippen LogP contribution in [0.4, 0.5) is 5.69 Å². The first kappa shape index (κ1) is 20.3. The van der Waals surface area contributed by atoms with Gasteiger partial charge in [0.05, 0.1) is 21.5 Å². The number of nitrogens with one attached hydrogen (secondary N) is 1. The number of thiophene rings is 1. The average Bonchev–Trinajstić information content (AvgIpc) is 3.09. The molecule has 27 heavy (non-hydrogen) atoms. The second kappa shape index (κ2) is 9.19. The Hall–Kier alpha value is -1.41. The van der Waals surface area contributed by atoms with E-state index in [1.165, 1.54) is 0 Å². The number of unbranched alkanes of at least 4 members (excludes halogenated alkanes) is 3. The molecule has 0 bridgehead atoms. The number of nitrogens with zero attached hydrogens (tertiary/aromatic N) is 1. The Labute approximate surface area is 170 Å². The molecule has 0 fully saturated rings. The van der Waals surface area contributed by atoms with E-state index in [0.717, 1.165) is 53.3 Å². The molecule has 1 aliphatic rings. The molecule has 3 rings (SSSR count). The van der Waals surface area contributed by atoms with Crippen molar-refractivity contribution < 1.29 is 14.1 Å². The van der Waals surface area contributed by atoms with Gasteiger partial charge in [-0.2, -0.15) is 0 Å². The fourth-order valence-electron chi connectivity index (χ4n) is 3.27. The Kier molecular flexibility index (Phi) is 6.92. The SMILES string of the molecule is CN1c2ccsc2C(NCCCCCCC(=O)O)c2ccc(Cl)cc2S1=O. The average molecular weight is 427 g/mol. The molecule has 1 aliphatic heterocycles. The highest BCUT2D eigenvalue weighted by Gasteiger charge is 2.31. The van der Waals surface area contributed by atoms with Crippen molar-refractivity contribution in [2.24, 2.45) is 0 Å². The van der Waals surface area contributed by atoms with E-state index < -0.39 is 17.0 Å². The highest BCUT2D eigenvalue weighted by atomic mass is 35.5. The highest BCUT2D eigenvalue weighted by Crippen LogP contribution is 2.42. The first-order chi connectivity index (χ1) is 13.0. The zero-order valence-corrected chi connectivity index (χ0v) is 17.5. The van der Waals surface area contributed by atoms with Crippen molar-refractivity contribution in [3.8, 4) is 0 Å². The van der Waals surface area contributed by atoms with E-state index in [1.807, 2.05) is 30.6 Å². The number of anilines is 1. The molecular weight excluding hydrogens is 404 g/mol. The number of rotatable bonds is 8. The van der Waals surface area contributed by atoms with Crippen LogP contribution in [0.1, 0.15) is 48.6 Å². The molecule has 0 spiro atoms. The van der Waals surface area contributed by atoms with Gasteiger partial charge in [-0.1, -0.05) is 30.5 Å². The molecule has 2 heterocycles. The molecule has 0 amide bonds. The predicted octanol–water partition coefficient (Wildman–Crippen LogP) is 4.59. The number of carboxylic acid groups (broad SMARTS) is 1. The molecule has 8 heteroatoms. The second-order valence-electron chi connectivity index (χ2n) is 6.54. The summed E-state index contributed by atoms with van der Waals surface area (Å²) in [4.78, 5) is 12.5. The van der Waals surface area contributed by atoms with Crippen LogP contribution in [0.3, 0.4) is 0 Å². The summed E-state index contributed by atoms with van der Waals surface area (Å²) in [6.45, 7) is 0.813. The topological polar surface area (TPSA) is 69.6 Å². The number of fused-ring (bicyclic) bond motifs is 2. The van der Waals surface area contributed by atoms with Gasteiger partial charge in [0.1, 0.15) is 0 Å². The third kappa shape index (κ3) is 4.71. The van der Waals surface area contributed by atoms with Gasteiger partial charge in [-0.15, -0.1) is 11.3 Å². The second-order valence-corrected chi connectivity index (χ2v) is 9.41. The monoisotopic (exact) mass is 426 g/mol. The molecular formula is C19H23ClN2O3S2. The van der Waals surface area contributed by atoms with Crippen molar-refractivity contribution in [2.45, 2.75) is 43.0 Å². The Morgan fingerprint density at radius 2 is 2.07 bits per heavy atom. The minimum absolute atomic E-state index is 0.0276. The molecule has 5 nitrogen and oxygen atoms in total. The van der Waals surface area contributed by atoms with Crippen LogP contribution in [0.15, 0.2) is 34.5 Å². The Morgan fingerprint density at radius 1 is 1.30 bits per heavy atom. The lowest BCUT2D eigenvalue weighted by Gasteiger charge is -2.19. The molecule has 0 saturated heterocycles. The predicted molar refractivity (Wildman–Crippen MR) is 111 cm³/mol. The Balaban J connectivity index is 1.73. The summed E-state index contributed by atoms with van der Waals surface area (Å²) in [5.41, 5.74) is 1.97. The third-order valence-electron chi connectivity index (χ3n) is 4.66. The number of carbonyl (C=O) groups is 1. The van der Waals surface area contributed by atoms with Crippen LogP contribution in [0.2, 0.25) is 5.02 Å². The number of benzene rings is 1. The quantitative estimate of drug-likeness (QED) is 0.606. The van der Waals surface area contributed by atoms with Crippen LogP contribution in [-0.4, -0.2) is 28.9 Å². The Bertz CT molecular complexity index is 840. The zero-order valence-electron chi connectivity index (χ0n) is 15.1. The first-order valence-electron chi connectivity index (χ1n) is 8.96. The number of carboxylic acids is 1. The van der Waals surface area contributed by atoms with Gasteiger partial charge in [-0.25, -0.2) is 4.21 Å². The summed E-state index contributed by atoms with van der Waals surface area (Å²) in [6.07, 6.45) is 3.84. The van der Waals surface area contributed by atoms with E-state index in [4.69, 9.17) is 16.7 Å². The van der Waals surface area contributed by atoms with Crippen LogP contribution < -0.4 is 9.62 Å². The number of hydrogen-bond donors (Lipinski definition) is 2. The van der Waals surface area contributed by atoms with E-state index in [0.29, 0.717) is 5.02 Å². The normalized spacial score (nSPS) is 18.7. The van der Waals surface area contributed by atoms with Gasteiger partial charge in [0.2, 0.25) is 0 Å². The zero-order chi connectivity index (χ0) is 19.4. The van der Waals surface area contributed by atoms with Crippen molar-refractivity contribution in [1.82, 2.24) is 5.32 Å². The van der Waals surface area contributed by atoms with Gasteiger partial charge in [0, 0.05) is 18.5 Å². The van der Waals surface area contributed by atoms with Crippen molar-refractivity contribution in [2.75, 3.05) is 17.9 Å². The van der Waals surface area contributed by atoms with Crippen LogP contribution in [0.5, 0.6) is 0 Å². The molecule has 146 valence electrons. The largest absolute Gasteiger partial charge is 0.481 e. The van der Waals surface area contributed by atoms with Gasteiger partial charge in [-0.05, 0) is 48.5 Å². The van der Waals surface area contributed by atoms with Crippen LogP contribution in [0.25, 0.3) is 0 Å². The summed E-state index contributed by atoms with van der Waals surface area (Å²) >= 11 is 7.82. The van der Waals surface area contributed by atoms with Crippen LogP contribution in [-0.2, 0) is 15.8 Å². The fraction of sp³-hybridized carbons (Fsp3) is 0.421. The number of hydrogen-bond acceptors (Lipinski definition) is 4. The van der Waals surface area contributed by atoms with Gasteiger partial charge < -0.3 is 10.4 Å². The van der Waals surface area contributed by atoms with Gasteiger partial charge >= 0.3 is 5.97 Å². The number of halogens is 1. The molecule has 0 saturated carbocycles. The standard InChI is InChI=1S/C19H23ClN2O3S2/c1-22-15-9-11-26-19(15)18(21-10-5-3-2-4-6-17(23)24)14-8-7-13(20)12-16(14)27(22)25/h7-9,11-12,18,21H,2-6,10H2,1H3,(H,23,24). The lowest BCUT2D eigenvalue weighted by molar-refractivity contribution is -0.137. The highest BCUT2D eigenvalue weighted by molar-refractivity contribution is 7.86. The molecule has 2 atom stereocenters. The lowest BCUT2D eigenvalue weighted by atomic mass is 10.0. The number of aliphatic carboxylic acids is 1. The van der Waals surface area contributed by atoms with E-state index in [2.05, 4.69) is 5.32 Å². The van der Waals surface area contributed by atoms with E-state index >= 15 is 0 Å². The summed E-state index contributed by atoms with van der Waals surface area (Å²) in [6, 6.07) is 7.58. The molecule has 1 aromatic carbocycles. The van der Waals surface area contributed by atoms with Gasteiger partial charge in [0.15, 0.2) is 11.0 Å². The van der Waals surface area contributed by atoms with Crippen LogP contribution in [0, 0.1) is 0 Å². The fourth-order valence-corrected chi connectivity index (χ4v) is 5.83. The molecule has 2 unspecified atom stereocenters. The molecule has 2 aromatic rings. The summed E-state index contributed by atoms with van der Waals surface area (Å²) in [5, 5.41) is 14.9. The maximum absolute atomic E-state index is 13.0. The Morgan fingerprint density at radius 3 is 2.85 bits per heavy atom. The molecule has 0 aliphatic carbocycles. The van der Waals surface area contributed by atoms with E-state index in [9.17, 15) is 9.00 Å². The van der Waals surface area contributed by atoms with E-state index in [1.54, 1.807) is 21.7 Å². The minimum Gasteiger partial charge on any atom is -0.481 e. The third-order valence-corrected chi connectivity index (χ3v) is 7.29. The first-order valence-corrected chi connectivity index (χ1v) is 11.3. The van der Waals surface area contributed by atoms with Gasteiger partial charge in [0.25, 0.3) is 0 Å². The van der Waals surface area contributed by atoms with Crippen molar-refractivity contribution in [3.05, 3.63) is 45.1 Å². The maximum Gasteiger partial charge on any atom is 0.303 e. The molecule has 0 radical (unpaired) electrons. The summed E-state index contributed by atoms with van der Waals surface area (Å²) in [7, 11) is 0.540. The lowest BCUT2D eigenvalue weighted by Crippen LogP contribution is -2.23. The summed E-state index contributed by atoms with van der Waals surface area (Å²) < 4.78 is 14.8. The summed E-state index contributed by atoms with van der Waals surface area (Å²) in [5.74, 6) is -0.732. The van der Waals surface area contributed by atoms with Crippen LogP contribution >= 0.6 is 22.9 Å². The molecule has 1 aromatic heterocycles. The van der Waals surface area contributed by atoms with Gasteiger partial charge in [-0.3, -0.25) is 9.10 Å². The van der Waals surface area contributed by atoms with E-state index in [-0.39, 0.29) is 12.5 Å². The molecule has 2 N–H and O–H groups in total. The minimum atomic E-state index is -1.30. The van der Waals surface area contributed by atoms with Crippen molar-refractivity contribution in [3.63, 3.8) is 0 Å².